The number of hydrogen-bond acceptors (Lipinski definition) is 3. The Balaban J connectivity index is 1.80. The molecule has 1 aromatic carbocycles. The van der Waals surface area contributed by atoms with Crippen LogP contribution in [-0.4, -0.2) is 41.1 Å². The molecule has 1 heterocycles. The second-order valence-electron chi connectivity index (χ2n) is 6.16. The van der Waals surface area contributed by atoms with Gasteiger partial charge in [0.2, 0.25) is 0 Å². The summed E-state index contributed by atoms with van der Waals surface area (Å²) in [6.45, 7) is 3.59. The Bertz CT molecular complexity index is 517. The van der Waals surface area contributed by atoms with Crippen molar-refractivity contribution in [1.82, 2.24) is 4.90 Å². The van der Waals surface area contributed by atoms with Gasteiger partial charge in [-0.1, -0.05) is 30.3 Å². The minimum absolute atomic E-state index is 0.000885. The Labute approximate surface area is 137 Å². The smallest absolute Gasteiger partial charge is 0.303 e. The lowest BCUT2D eigenvalue weighted by Gasteiger charge is -2.34. The van der Waals surface area contributed by atoms with Crippen LogP contribution in [0.4, 0.5) is 0 Å². The van der Waals surface area contributed by atoms with Crippen LogP contribution in [-0.2, 0) is 20.9 Å². The molecule has 23 heavy (non-hydrogen) atoms. The molecule has 126 valence electrons. The summed E-state index contributed by atoms with van der Waals surface area (Å²) in [6.07, 6.45) is 2.26. The molecule has 1 N–H and O–H groups in total. The summed E-state index contributed by atoms with van der Waals surface area (Å²) in [7, 11) is 0. The third-order valence-corrected chi connectivity index (χ3v) is 4.29. The lowest BCUT2D eigenvalue weighted by atomic mass is 9.93. The van der Waals surface area contributed by atoms with Gasteiger partial charge in [0.25, 0.3) is 5.91 Å². The number of likely N-dealkylation sites (tertiary alicyclic amines) is 1. The fraction of sp³-hybridized carbons (Fsp3) is 0.556. The average molecular weight is 319 g/mol. The normalized spacial score (nSPS) is 19.3. The van der Waals surface area contributed by atoms with Crippen molar-refractivity contribution in [3.05, 3.63) is 35.9 Å². The van der Waals surface area contributed by atoms with E-state index >= 15 is 0 Å². The monoisotopic (exact) mass is 319 g/mol. The molecule has 0 unspecified atom stereocenters. The van der Waals surface area contributed by atoms with Crippen LogP contribution in [0, 0.1) is 5.92 Å². The number of nitrogens with zero attached hydrogens (tertiary/aromatic N) is 1. The third-order valence-electron chi connectivity index (χ3n) is 4.29. The average Bonchev–Trinajstić information content (AvgIpc) is 2.58. The summed E-state index contributed by atoms with van der Waals surface area (Å²) in [6, 6.07) is 9.79. The van der Waals surface area contributed by atoms with Gasteiger partial charge in [-0.2, -0.15) is 0 Å². The van der Waals surface area contributed by atoms with E-state index in [0.29, 0.717) is 19.6 Å². The van der Waals surface area contributed by atoms with Crippen LogP contribution in [0.25, 0.3) is 0 Å². The predicted molar refractivity (Wildman–Crippen MR) is 86.9 cm³/mol. The van der Waals surface area contributed by atoms with E-state index in [9.17, 15) is 9.59 Å². The Hall–Kier alpha value is -1.88. The minimum atomic E-state index is -0.770. The van der Waals surface area contributed by atoms with E-state index in [1.807, 2.05) is 35.2 Å². The van der Waals surface area contributed by atoms with Crippen molar-refractivity contribution >= 4 is 11.9 Å². The van der Waals surface area contributed by atoms with Crippen LogP contribution in [0.2, 0.25) is 0 Å². The molecule has 0 spiro atoms. The first-order valence-corrected chi connectivity index (χ1v) is 8.22. The van der Waals surface area contributed by atoms with Gasteiger partial charge in [-0.3, -0.25) is 9.59 Å². The highest BCUT2D eigenvalue weighted by Crippen LogP contribution is 2.22. The van der Waals surface area contributed by atoms with Gasteiger partial charge in [0.1, 0.15) is 6.10 Å². The van der Waals surface area contributed by atoms with E-state index in [1.165, 1.54) is 0 Å². The van der Waals surface area contributed by atoms with Crippen molar-refractivity contribution in [2.45, 2.75) is 45.3 Å². The second-order valence-corrected chi connectivity index (χ2v) is 6.16. The number of amides is 1. The van der Waals surface area contributed by atoms with Crippen molar-refractivity contribution in [3.8, 4) is 0 Å². The lowest BCUT2D eigenvalue weighted by molar-refractivity contribution is -0.145. The first kappa shape index (κ1) is 17.5. The minimum Gasteiger partial charge on any atom is -0.481 e. The van der Waals surface area contributed by atoms with Crippen LogP contribution in [0.3, 0.4) is 0 Å². The highest BCUT2D eigenvalue weighted by molar-refractivity contribution is 5.80. The molecule has 0 aliphatic carbocycles. The number of aliphatic carboxylic acids is 1. The van der Waals surface area contributed by atoms with E-state index in [-0.39, 0.29) is 18.2 Å². The maximum Gasteiger partial charge on any atom is 0.303 e. The molecular weight excluding hydrogens is 294 g/mol. The number of carboxylic acid groups (broad SMARTS) is 1. The van der Waals surface area contributed by atoms with Gasteiger partial charge in [-0.15, -0.1) is 0 Å². The molecule has 1 aromatic rings. The molecule has 0 saturated carbocycles. The molecule has 1 aliphatic heterocycles. The zero-order valence-corrected chi connectivity index (χ0v) is 13.6. The molecule has 2 rings (SSSR count). The SMILES string of the molecule is C[C@@H](OCc1ccccc1)C(=O)N1CCC[C@H](CCC(=O)O)C1. The standard InChI is InChI=1S/C18H25NO4/c1-14(23-13-16-6-3-2-4-7-16)18(22)19-11-5-8-15(12-19)9-10-17(20)21/h2-4,6-7,14-15H,5,8-13H2,1H3,(H,20,21)/t14-,15-/m1/s1. The molecule has 5 heteroatoms. The number of hydrogen-bond donors (Lipinski definition) is 1. The van der Waals surface area contributed by atoms with Crippen LogP contribution < -0.4 is 0 Å². The number of rotatable bonds is 7. The highest BCUT2D eigenvalue weighted by atomic mass is 16.5. The first-order chi connectivity index (χ1) is 11.1. The maximum absolute atomic E-state index is 12.5. The molecule has 1 saturated heterocycles. The van der Waals surface area contributed by atoms with E-state index in [1.54, 1.807) is 6.92 Å². The van der Waals surface area contributed by atoms with Crippen molar-refractivity contribution in [2.24, 2.45) is 5.92 Å². The van der Waals surface area contributed by atoms with Crippen molar-refractivity contribution < 1.29 is 19.4 Å². The number of carbonyl (C=O) groups excluding carboxylic acids is 1. The summed E-state index contributed by atoms with van der Waals surface area (Å²) in [5.41, 5.74) is 1.05. The number of carboxylic acids is 1. The van der Waals surface area contributed by atoms with Gasteiger partial charge in [-0.05, 0) is 37.7 Å². The molecule has 1 amide bonds. The topological polar surface area (TPSA) is 66.8 Å². The van der Waals surface area contributed by atoms with E-state index in [0.717, 1.165) is 24.9 Å². The van der Waals surface area contributed by atoms with E-state index in [2.05, 4.69) is 0 Å². The zero-order valence-electron chi connectivity index (χ0n) is 13.6. The van der Waals surface area contributed by atoms with Crippen LogP contribution in [0.15, 0.2) is 30.3 Å². The van der Waals surface area contributed by atoms with Gasteiger partial charge in [0, 0.05) is 19.5 Å². The fourth-order valence-corrected chi connectivity index (χ4v) is 2.95. The van der Waals surface area contributed by atoms with E-state index in [4.69, 9.17) is 9.84 Å². The van der Waals surface area contributed by atoms with Crippen molar-refractivity contribution in [2.75, 3.05) is 13.1 Å². The Morgan fingerprint density at radius 1 is 1.35 bits per heavy atom. The molecule has 0 radical (unpaired) electrons. The highest BCUT2D eigenvalue weighted by Gasteiger charge is 2.27. The molecule has 5 nitrogen and oxygen atoms in total. The number of benzene rings is 1. The van der Waals surface area contributed by atoms with Gasteiger partial charge < -0.3 is 14.7 Å². The lowest BCUT2D eigenvalue weighted by Crippen LogP contribution is -2.45. The first-order valence-electron chi connectivity index (χ1n) is 8.22. The number of ether oxygens (including phenoxy) is 1. The quantitative estimate of drug-likeness (QED) is 0.839. The van der Waals surface area contributed by atoms with Crippen LogP contribution in [0.1, 0.15) is 38.2 Å². The molecule has 0 bridgehead atoms. The van der Waals surface area contributed by atoms with Gasteiger partial charge in [0.15, 0.2) is 0 Å². The summed E-state index contributed by atoms with van der Waals surface area (Å²) < 4.78 is 5.69. The summed E-state index contributed by atoms with van der Waals surface area (Å²) in [5.74, 6) is -0.487. The third kappa shape index (κ3) is 5.67. The molecule has 2 atom stereocenters. The van der Waals surface area contributed by atoms with Crippen molar-refractivity contribution in [1.29, 1.82) is 0 Å². The zero-order chi connectivity index (χ0) is 16.7. The summed E-state index contributed by atoms with van der Waals surface area (Å²) in [5, 5.41) is 8.79. The Morgan fingerprint density at radius 2 is 2.09 bits per heavy atom. The predicted octanol–water partition coefficient (Wildman–Crippen LogP) is 2.70. The van der Waals surface area contributed by atoms with Crippen molar-refractivity contribution in [3.63, 3.8) is 0 Å². The Morgan fingerprint density at radius 3 is 2.78 bits per heavy atom. The van der Waals surface area contributed by atoms with Gasteiger partial charge in [0.05, 0.1) is 6.61 Å². The maximum atomic E-state index is 12.5. The van der Waals surface area contributed by atoms with E-state index < -0.39 is 12.1 Å². The number of carbonyl (C=O) groups is 2. The molecule has 1 aliphatic rings. The summed E-state index contributed by atoms with van der Waals surface area (Å²) in [4.78, 5) is 25.0. The summed E-state index contributed by atoms with van der Waals surface area (Å²) >= 11 is 0. The van der Waals surface area contributed by atoms with Crippen LogP contribution >= 0.6 is 0 Å². The second kappa shape index (κ2) is 8.67. The van der Waals surface area contributed by atoms with Gasteiger partial charge >= 0.3 is 5.97 Å². The van der Waals surface area contributed by atoms with Crippen LogP contribution in [0.5, 0.6) is 0 Å². The fourth-order valence-electron chi connectivity index (χ4n) is 2.95. The molecule has 1 fully saturated rings. The number of piperidine rings is 1. The largest absolute Gasteiger partial charge is 0.481 e. The molecular formula is C18H25NO4. The van der Waals surface area contributed by atoms with Gasteiger partial charge in [-0.25, -0.2) is 0 Å². The Kier molecular flexibility index (Phi) is 6.59. The molecule has 0 aromatic heterocycles.